The maximum atomic E-state index is 11.1. The van der Waals surface area contributed by atoms with Gasteiger partial charge in [-0.15, -0.1) is 0 Å². The zero-order valence-electron chi connectivity index (χ0n) is 9.28. The molecule has 0 spiro atoms. The summed E-state index contributed by atoms with van der Waals surface area (Å²) in [6.45, 7) is 3.20. The van der Waals surface area contributed by atoms with Gasteiger partial charge in [-0.3, -0.25) is 10.1 Å². The number of rotatable bonds is 5. The number of aliphatic carboxylic acids is 1. The topological polar surface area (TPSA) is 67.8 Å². The normalized spacial score (nSPS) is 22.3. The molecule has 1 unspecified atom stereocenters. The number of carbonyl (C=O) groups is 1. The summed E-state index contributed by atoms with van der Waals surface area (Å²) in [4.78, 5) is 11.1. The molecule has 0 radical (unpaired) electrons. The molecule has 1 rings (SSSR count). The number of nitrogens with one attached hydrogen (secondary N) is 1. The lowest BCUT2D eigenvalue weighted by molar-refractivity contribution is -0.147. The van der Waals surface area contributed by atoms with Crippen LogP contribution in [-0.2, 0) is 14.3 Å². The smallest absolute Gasteiger partial charge is 0.326 e. The highest BCUT2D eigenvalue weighted by molar-refractivity contribution is 5.78. The van der Waals surface area contributed by atoms with Gasteiger partial charge < -0.3 is 14.6 Å². The standard InChI is InChI=1S/C10H19NO4/c1-10(7-14-2,9(12)13)11-8-3-5-15-6-4-8/h8,11H,3-7H2,1-2H3,(H,12,13). The molecule has 1 aliphatic heterocycles. The van der Waals surface area contributed by atoms with E-state index < -0.39 is 11.5 Å². The molecule has 0 bridgehead atoms. The number of carboxylic acid groups (broad SMARTS) is 1. The van der Waals surface area contributed by atoms with E-state index in [9.17, 15) is 4.79 Å². The minimum atomic E-state index is -1.00. The molecule has 1 aliphatic rings. The fraction of sp³-hybridized carbons (Fsp3) is 0.900. The molecule has 0 aromatic heterocycles. The van der Waals surface area contributed by atoms with E-state index in [-0.39, 0.29) is 12.6 Å². The summed E-state index contributed by atoms with van der Waals surface area (Å²) in [5.41, 5.74) is -1.00. The highest BCUT2D eigenvalue weighted by atomic mass is 16.5. The monoisotopic (exact) mass is 217 g/mol. The average molecular weight is 217 g/mol. The minimum absolute atomic E-state index is 0.166. The summed E-state index contributed by atoms with van der Waals surface area (Å²) in [6.07, 6.45) is 1.71. The molecule has 1 atom stereocenters. The molecule has 1 heterocycles. The molecule has 1 saturated heterocycles. The van der Waals surface area contributed by atoms with E-state index in [4.69, 9.17) is 14.6 Å². The van der Waals surface area contributed by atoms with Crippen LogP contribution in [0.15, 0.2) is 0 Å². The van der Waals surface area contributed by atoms with Gasteiger partial charge in [0.1, 0.15) is 5.54 Å². The van der Waals surface area contributed by atoms with Gasteiger partial charge in [0.15, 0.2) is 0 Å². The Morgan fingerprint density at radius 1 is 1.60 bits per heavy atom. The van der Waals surface area contributed by atoms with Crippen LogP contribution in [0.1, 0.15) is 19.8 Å². The van der Waals surface area contributed by atoms with Gasteiger partial charge in [0.25, 0.3) is 0 Å². The molecular formula is C10H19NO4. The van der Waals surface area contributed by atoms with Crippen molar-refractivity contribution in [3.63, 3.8) is 0 Å². The summed E-state index contributed by atoms with van der Waals surface area (Å²) >= 11 is 0. The lowest BCUT2D eigenvalue weighted by atomic mass is 9.99. The number of methoxy groups -OCH3 is 1. The van der Waals surface area contributed by atoms with Gasteiger partial charge in [0.05, 0.1) is 6.61 Å². The van der Waals surface area contributed by atoms with Crippen molar-refractivity contribution in [2.24, 2.45) is 0 Å². The molecule has 1 fully saturated rings. The van der Waals surface area contributed by atoms with Crippen molar-refractivity contribution in [2.75, 3.05) is 26.9 Å². The van der Waals surface area contributed by atoms with E-state index in [1.165, 1.54) is 7.11 Å². The maximum absolute atomic E-state index is 11.1. The Hall–Kier alpha value is -0.650. The van der Waals surface area contributed by atoms with E-state index in [0.29, 0.717) is 13.2 Å². The first-order chi connectivity index (χ1) is 7.08. The van der Waals surface area contributed by atoms with Crippen molar-refractivity contribution in [3.8, 4) is 0 Å². The van der Waals surface area contributed by atoms with Crippen molar-refractivity contribution in [3.05, 3.63) is 0 Å². The van der Waals surface area contributed by atoms with Gasteiger partial charge >= 0.3 is 5.97 Å². The highest BCUT2D eigenvalue weighted by Gasteiger charge is 2.35. The van der Waals surface area contributed by atoms with Crippen LogP contribution in [0.3, 0.4) is 0 Å². The Kier molecular flexibility index (Phi) is 4.50. The molecule has 5 heteroatoms. The SMILES string of the molecule is COCC(C)(NC1CCOCC1)C(=O)O. The zero-order chi connectivity index (χ0) is 11.3. The van der Waals surface area contributed by atoms with E-state index >= 15 is 0 Å². The van der Waals surface area contributed by atoms with Crippen LogP contribution < -0.4 is 5.32 Å². The van der Waals surface area contributed by atoms with Gasteiger partial charge in [-0.2, -0.15) is 0 Å². The summed E-state index contributed by atoms with van der Waals surface area (Å²) in [5, 5.41) is 12.2. The van der Waals surface area contributed by atoms with Gasteiger partial charge in [-0.25, -0.2) is 0 Å². The first-order valence-corrected chi connectivity index (χ1v) is 5.16. The van der Waals surface area contributed by atoms with Gasteiger partial charge in [0.2, 0.25) is 0 Å². The minimum Gasteiger partial charge on any atom is -0.480 e. The van der Waals surface area contributed by atoms with Crippen LogP contribution >= 0.6 is 0 Å². The van der Waals surface area contributed by atoms with Crippen molar-refractivity contribution < 1.29 is 19.4 Å². The quantitative estimate of drug-likeness (QED) is 0.690. The van der Waals surface area contributed by atoms with Crippen molar-refractivity contribution in [1.82, 2.24) is 5.32 Å². The van der Waals surface area contributed by atoms with E-state index in [1.54, 1.807) is 6.92 Å². The van der Waals surface area contributed by atoms with E-state index in [0.717, 1.165) is 12.8 Å². The Morgan fingerprint density at radius 3 is 2.67 bits per heavy atom. The average Bonchev–Trinajstić information content (AvgIpc) is 2.19. The number of hydrogen-bond donors (Lipinski definition) is 2. The molecule has 2 N–H and O–H groups in total. The van der Waals surface area contributed by atoms with E-state index in [2.05, 4.69) is 5.32 Å². The molecule has 88 valence electrons. The van der Waals surface area contributed by atoms with Crippen molar-refractivity contribution in [2.45, 2.75) is 31.3 Å². The fourth-order valence-electron chi connectivity index (χ4n) is 1.75. The summed E-state index contributed by atoms with van der Waals surface area (Å²) in [7, 11) is 1.51. The van der Waals surface area contributed by atoms with E-state index in [1.807, 2.05) is 0 Å². The van der Waals surface area contributed by atoms with Crippen LogP contribution in [0, 0.1) is 0 Å². The summed E-state index contributed by atoms with van der Waals surface area (Å²) in [6, 6.07) is 0.204. The largest absolute Gasteiger partial charge is 0.480 e. The molecule has 0 amide bonds. The third-order valence-corrected chi connectivity index (χ3v) is 2.65. The summed E-state index contributed by atoms with van der Waals surface area (Å²) < 4.78 is 10.2. The second-order valence-electron chi connectivity index (χ2n) is 4.10. The Balaban J connectivity index is 2.52. The fourth-order valence-corrected chi connectivity index (χ4v) is 1.75. The van der Waals surface area contributed by atoms with Crippen LogP contribution in [0.4, 0.5) is 0 Å². The Labute approximate surface area is 89.8 Å². The molecule has 0 aromatic carbocycles. The third kappa shape index (κ3) is 3.44. The Morgan fingerprint density at radius 2 is 2.20 bits per heavy atom. The van der Waals surface area contributed by atoms with Crippen LogP contribution in [0.2, 0.25) is 0 Å². The number of ether oxygens (including phenoxy) is 2. The molecule has 15 heavy (non-hydrogen) atoms. The van der Waals surface area contributed by atoms with Crippen molar-refractivity contribution in [1.29, 1.82) is 0 Å². The van der Waals surface area contributed by atoms with Crippen LogP contribution in [0.25, 0.3) is 0 Å². The zero-order valence-corrected chi connectivity index (χ0v) is 9.28. The summed E-state index contributed by atoms with van der Waals surface area (Å²) in [5.74, 6) is -0.879. The number of hydrogen-bond acceptors (Lipinski definition) is 4. The van der Waals surface area contributed by atoms with Crippen LogP contribution in [-0.4, -0.2) is 49.6 Å². The lowest BCUT2D eigenvalue weighted by Gasteiger charge is -2.32. The van der Waals surface area contributed by atoms with Gasteiger partial charge in [-0.1, -0.05) is 0 Å². The highest BCUT2D eigenvalue weighted by Crippen LogP contribution is 2.13. The van der Waals surface area contributed by atoms with Crippen LogP contribution in [0.5, 0.6) is 0 Å². The predicted molar refractivity (Wildman–Crippen MR) is 54.9 cm³/mol. The second-order valence-corrected chi connectivity index (χ2v) is 4.10. The first kappa shape index (κ1) is 12.4. The predicted octanol–water partition coefficient (Wildman–Crippen LogP) is 0.245. The van der Waals surface area contributed by atoms with Crippen molar-refractivity contribution >= 4 is 5.97 Å². The number of carboxylic acids is 1. The van der Waals surface area contributed by atoms with Gasteiger partial charge in [-0.05, 0) is 19.8 Å². The Bertz CT molecular complexity index is 215. The maximum Gasteiger partial charge on any atom is 0.326 e. The molecule has 0 aromatic rings. The molecule has 0 saturated carbocycles. The lowest BCUT2D eigenvalue weighted by Crippen LogP contribution is -2.57. The van der Waals surface area contributed by atoms with Gasteiger partial charge in [0, 0.05) is 26.4 Å². The first-order valence-electron chi connectivity index (χ1n) is 5.16. The molecule has 5 nitrogen and oxygen atoms in total. The second kappa shape index (κ2) is 5.44. The third-order valence-electron chi connectivity index (χ3n) is 2.65. The molecular weight excluding hydrogens is 198 g/mol. The molecule has 0 aliphatic carbocycles.